The highest BCUT2D eigenvalue weighted by Gasteiger charge is 2.10. The van der Waals surface area contributed by atoms with Gasteiger partial charge < -0.3 is 0 Å². The van der Waals surface area contributed by atoms with Crippen molar-refractivity contribution in [2.75, 3.05) is 5.32 Å². The van der Waals surface area contributed by atoms with Crippen LogP contribution >= 0.6 is 0 Å². The first-order valence-electron chi connectivity index (χ1n) is 4.28. The summed E-state index contributed by atoms with van der Waals surface area (Å²) >= 11 is 0. The summed E-state index contributed by atoms with van der Waals surface area (Å²) < 4.78 is 25.6. The predicted molar refractivity (Wildman–Crippen MR) is 50.7 cm³/mol. The molecule has 5 nitrogen and oxygen atoms in total. The van der Waals surface area contributed by atoms with Crippen molar-refractivity contribution in [1.82, 2.24) is 15.2 Å². The van der Waals surface area contributed by atoms with Crippen LogP contribution in [0.5, 0.6) is 0 Å². The van der Waals surface area contributed by atoms with E-state index in [2.05, 4.69) is 20.5 Å². The number of nitrogens with zero attached hydrogens (tertiary/aromatic N) is 2. The lowest BCUT2D eigenvalue weighted by Crippen LogP contribution is -2.13. The second kappa shape index (κ2) is 4.05. The molecule has 0 fully saturated rings. The molecule has 1 aromatic carbocycles. The minimum atomic E-state index is -0.817. The summed E-state index contributed by atoms with van der Waals surface area (Å²) in [5, 5.41) is 8.18. The number of carbonyl (C=O) groups excluding carboxylic acids is 1. The van der Waals surface area contributed by atoms with Gasteiger partial charge in [-0.1, -0.05) is 0 Å². The number of hydrogen-bond donors (Lipinski definition) is 2. The van der Waals surface area contributed by atoms with Crippen LogP contribution in [0.25, 0.3) is 0 Å². The minimum Gasteiger partial charge on any atom is -0.291 e. The van der Waals surface area contributed by atoms with E-state index >= 15 is 0 Å². The van der Waals surface area contributed by atoms with Gasteiger partial charge in [0.15, 0.2) is 0 Å². The SMILES string of the molecule is O=C(Nc1ncn[nH]1)c1cc(F)cc(F)c1. The molecular formula is C9H6F2N4O. The van der Waals surface area contributed by atoms with Crippen molar-refractivity contribution in [2.45, 2.75) is 0 Å². The Morgan fingerprint density at radius 2 is 1.94 bits per heavy atom. The highest BCUT2D eigenvalue weighted by atomic mass is 19.1. The van der Waals surface area contributed by atoms with Gasteiger partial charge >= 0.3 is 0 Å². The normalized spacial score (nSPS) is 10.1. The fourth-order valence-corrected chi connectivity index (χ4v) is 1.13. The molecule has 0 spiro atoms. The summed E-state index contributed by atoms with van der Waals surface area (Å²) in [5.41, 5.74) is -0.131. The van der Waals surface area contributed by atoms with Gasteiger partial charge in [-0.05, 0) is 12.1 Å². The average Bonchev–Trinajstić information content (AvgIpc) is 2.68. The zero-order chi connectivity index (χ0) is 11.5. The summed E-state index contributed by atoms with van der Waals surface area (Å²) in [6.07, 6.45) is 1.20. The molecule has 0 atom stereocenters. The summed E-state index contributed by atoms with van der Waals surface area (Å²) in [4.78, 5) is 15.1. The number of nitrogens with one attached hydrogen (secondary N) is 2. The van der Waals surface area contributed by atoms with E-state index in [1.54, 1.807) is 0 Å². The molecule has 0 bridgehead atoms. The van der Waals surface area contributed by atoms with E-state index in [9.17, 15) is 13.6 Å². The average molecular weight is 224 g/mol. The van der Waals surface area contributed by atoms with Crippen LogP contribution in [0.4, 0.5) is 14.7 Å². The zero-order valence-corrected chi connectivity index (χ0v) is 7.87. The van der Waals surface area contributed by atoms with Gasteiger partial charge in [0.2, 0.25) is 5.95 Å². The zero-order valence-electron chi connectivity index (χ0n) is 7.87. The molecule has 1 aromatic heterocycles. The lowest BCUT2D eigenvalue weighted by molar-refractivity contribution is 0.102. The van der Waals surface area contributed by atoms with Gasteiger partial charge in [-0.2, -0.15) is 10.1 Å². The van der Waals surface area contributed by atoms with Crippen molar-refractivity contribution in [2.24, 2.45) is 0 Å². The molecule has 0 saturated heterocycles. The smallest absolute Gasteiger partial charge is 0.258 e. The Balaban J connectivity index is 2.21. The van der Waals surface area contributed by atoms with E-state index in [0.29, 0.717) is 6.07 Å². The monoisotopic (exact) mass is 224 g/mol. The van der Waals surface area contributed by atoms with Crippen LogP contribution in [0.2, 0.25) is 0 Å². The number of aromatic amines is 1. The van der Waals surface area contributed by atoms with E-state index in [0.717, 1.165) is 12.1 Å². The molecule has 7 heteroatoms. The Kier molecular flexibility index (Phi) is 2.59. The van der Waals surface area contributed by atoms with Crippen molar-refractivity contribution in [3.8, 4) is 0 Å². The van der Waals surface area contributed by atoms with Gasteiger partial charge in [0.25, 0.3) is 5.91 Å². The molecule has 1 amide bonds. The maximum absolute atomic E-state index is 12.8. The minimum absolute atomic E-state index is 0.106. The summed E-state index contributed by atoms with van der Waals surface area (Å²) in [5.74, 6) is -2.20. The highest BCUT2D eigenvalue weighted by Crippen LogP contribution is 2.09. The summed E-state index contributed by atoms with van der Waals surface area (Å²) in [7, 11) is 0. The number of rotatable bonds is 2. The van der Waals surface area contributed by atoms with Gasteiger partial charge in [-0.3, -0.25) is 10.1 Å². The third-order valence-corrected chi connectivity index (χ3v) is 1.77. The number of anilines is 1. The molecule has 16 heavy (non-hydrogen) atoms. The first-order valence-corrected chi connectivity index (χ1v) is 4.28. The first-order chi connectivity index (χ1) is 7.65. The van der Waals surface area contributed by atoms with Crippen molar-refractivity contribution >= 4 is 11.9 Å². The molecule has 0 aliphatic heterocycles. The molecule has 0 radical (unpaired) electrons. The maximum Gasteiger partial charge on any atom is 0.258 e. The van der Waals surface area contributed by atoms with Crippen LogP contribution in [0.3, 0.4) is 0 Å². The largest absolute Gasteiger partial charge is 0.291 e. The van der Waals surface area contributed by atoms with E-state index < -0.39 is 17.5 Å². The van der Waals surface area contributed by atoms with Gasteiger partial charge in [-0.25, -0.2) is 13.9 Å². The molecular weight excluding hydrogens is 218 g/mol. The summed E-state index contributed by atoms with van der Waals surface area (Å²) in [6, 6.07) is 2.54. The number of benzene rings is 1. The van der Waals surface area contributed by atoms with Gasteiger partial charge in [0, 0.05) is 11.6 Å². The van der Waals surface area contributed by atoms with Crippen molar-refractivity contribution in [3.05, 3.63) is 41.7 Å². The molecule has 2 N–H and O–H groups in total. The summed E-state index contributed by atoms with van der Waals surface area (Å²) in [6.45, 7) is 0. The van der Waals surface area contributed by atoms with E-state index in [1.807, 2.05) is 0 Å². The third kappa shape index (κ3) is 2.19. The van der Waals surface area contributed by atoms with Crippen LogP contribution in [-0.4, -0.2) is 21.1 Å². The number of amides is 1. The fourth-order valence-electron chi connectivity index (χ4n) is 1.13. The van der Waals surface area contributed by atoms with Gasteiger partial charge in [0.1, 0.15) is 18.0 Å². The first kappa shape index (κ1) is 10.2. The van der Waals surface area contributed by atoms with E-state index in [-0.39, 0.29) is 11.5 Å². The van der Waals surface area contributed by atoms with E-state index in [4.69, 9.17) is 0 Å². The Morgan fingerprint density at radius 3 is 2.50 bits per heavy atom. The second-order valence-corrected chi connectivity index (χ2v) is 2.95. The molecule has 0 saturated carbocycles. The highest BCUT2D eigenvalue weighted by molar-refractivity contribution is 6.03. The lowest BCUT2D eigenvalue weighted by Gasteiger charge is -2.01. The van der Waals surface area contributed by atoms with Crippen molar-refractivity contribution < 1.29 is 13.6 Å². The number of hydrogen-bond acceptors (Lipinski definition) is 3. The molecule has 0 unspecified atom stereocenters. The molecule has 0 aliphatic carbocycles. The number of halogens is 2. The predicted octanol–water partition coefficient (Wildman–Crippen LogP) is 1.34. The second-order valence-electron chi connectivity index (χ2n) is 2.95. The van der Waals surface area contributed by atoms with Crippen molar-refractivity contribution in [1.29, 1.82) is 0 Å². The lowest BCUT2D eigenvalue weighted by atomic mass is 10.2. The number of aromatic nitrogens is 3. The van der Waals surface area contributed by atoms with E-state index in [1.165, 1.54) is 6.33 Å². The van der Waals surface area contributed by atoms with Crippen LogP contribution < -0.4 is 5.32 Å². The quantitative estimate of drug-likeness (QED) is 0.808. The molecule has 2 rings (SSSR count). The van der Waals surface area contributed by atoms with Gasteiger partial charge in [0.05, 0.1) is 0 Å². The van der Waals surface area contributed by atoms with Crippen LogP contribution in [-0.2, 0) is 0 Å². The topological polar surface area (TPSA) is 70.7 Å². The van der Waals surface area contributed by atoms with Gasteiger partial charge in [-0.15, -0.1) is 0 Å². The number of H-pyrrole nitrogens is 1. The molecule has 0 aliphatic rings. The Morgan fingerprint density at radius 1 is 1.25 bits per heavy atom. The van der Waals surface area contributed by atoms with Crippen LogP contribution in [0.1, 0.15) is 10.4 Å². The Bertz CT molecular complexity index is 492. The molecule has 82 valence electrons. The van der Waals surface area contributed by atoms with Crippen LogP contribution in [0.15, 0.2) is 24.5 Å². The molecule has 2 aromatic rings. The third-order valence-electron chi connectivity index (χ3n) is 1.77. The number of carbonyl (C=O) groups is 1. The van der Waals surface area contributed by atoms with Crippen LogP contribution in [0, 0.1) is 11.6 Å². The standard InChI is InChI=1S/C9H6F2N4O/c10-6-1-5(2-7(11)3-6)8(16)14-9-12-4-13-15-9/h1-4H,(H2,12,13,14,15,16). The maximum atomic E-state index is 12.8. The Labute approximate surface area is 88.5 Å². The molecule has 1 heterocycles. The Hall–Kier alpha value is -2.31. The van der Waals surface area contributed by atoms with Crippen molar-refractivity contribution in [3.63, 3.8) is 0 Å². The fraction of sp³-hybridized carbons (Fsp3) is 0.